The third-order valence-corrected chi connectivity index (χ3v) is 5.84. The summed E-state index contributed by atoms with van der Waals surface area (Å²) in [6.45, 7) is 2.61. The number of aliphatic hydroxyl groups is 1. The number of nitrogens with one attached hydrogen (secondary N) is 1. The van der Waals surface area contributed by atoms with Crippen molar-refractivity contribution in [1.29, 1.82) is 0 Å². The van der Waals surface area contributed by atoms with Crippen LogP contribution in [0.5, 0.6) is 0 Å². The van der Waals surface area contributed by atoms with E-state index in [1.54, 1.807) is 11.3 Å². The molecule has 1 aromatic carbocycles. The summed E-state index contributed by atoms with van der Waals surface area (Å²) in [4.78, 5) is 12.5. The molecular weight excluding hydrogens is 374 g/mol. The number of aliphatic hydroxyl groups excluding tert-OH is 1. The first kappa shape index (κ1) is 20.4. The van der Waals surface area contributed by atoms with Crippen molar-refractivity contribution in [3.05, 3.63) is 47.0 Å². The van der Waals surface area contributed by atoms with Crippen molar-refractivity contribution in [1.82, 2.24) is 5.32 Å². The van der Waals surface area contributed by atoms with Gasteiger partial charge in [0.1, 0.15) is 0 Å². The number of hydrogen-bond donors (Lipinski definition) is 2. The van der Waals surface area contributed by atoms with Gasteiger partial charge < -0.3 is 19.9 Å². The molecule has 0 bridgehead atoms. The SMILES string of the molecule is C#CCNC(=O)C1=C[C@H](c2csc3ccccc23)[C@@H](CCCO)[C@H](OCC)O1. The maximum absolute atomic E-state index is 12.5. The second-order valence-electron chi connectivity index (χ2n) is 6.60. The number of benzene rings is 1. The van der Waals surface area contributed by atoms with E-state index in [0.717, 1.165) is 12.0 Å². The number of carbonyl (C=O) groups is 1. The molecular formula is C22H25NO4S. The molecule has 0 saturated carbocycles. The first-order valence-corrected chi connectivity index (χ1v) is 10.4. The van der Waals surface area contributed by atoms with Crippen molar-refractivity contribution in [2.24, 2.45) is 5.92 Å². The normalized spacial score (nSPS) is 21.6. The quantitative estimate of drug-likeness (QED) is 0.668. The zero-order valence-electron chi connectivity index (χ0n) is 15.9. The highest BCUT2D eigenvalue weighted by Gasteiger charge is 2.38. The fourth-order valence-electron chi connectivity index (χ4n) is 3.60. The average Bonchev–Trinajstić information content (AvgIpc) is 3.14. The molecule has 1 aliphatic heterocycles. The highest BCUT2D eigenvalue weighted by molar-refractivity contribution is 7.17. The maximum Gasteiger partial charge on any atom is 0.286 e. The van der Waals surface area contributed by atoms with Gasteiger partial charge in [0.2, 0.25) is 6.29 Å². The standard InChI is InChI=1S/C22H25NO4S/c1-3-11-23-21(25)19-13-17(16(9-7-12-24)22(27-19)26-4-2)18-14-28-20-10-6-5-8-15(18)20/h1,5-6,8,10,13-14,16-17,22,24H,4,7,9,11-12H2,2H3,(H,23,25)/t16-,17+,22-/m1/s1. The molecule has 1 aliphatic rings. The van der Waals surface area contributed by atoms with E-state index < -0.39 is 6.29 Å². The molecule has 6 heteroatoms. The maximum atomic E-state index is 12.5. The minimum absolute atomic E-state index is 0.00529. The minimum Gasteiger partial charge on any atom is -0.459 e. The van der Waals surface area contributed by atoms with Gasteiger partial charge in [-0.15, -0.1) is 17.8 Å². The smallest absolute Gasteiger partial charge is 0.286 e. The molecule has 3 atom stereocenters. The van der Waals surface area contributed by atoms with E-state index in [1.165, 1.54) is 10.1 Å². The van der Waals surface area contributed by atoms with Crippen molar-refractivity contribution in [2.45, 2.75) is 32.0 Å². The van der Waals surface area contributed by atoms with E-state index in [2.05, 4.69) is 28.8 Å². The van der Waals surface area contributed by atoms with Gasteiger partial charge in [-0.25, -0.2) is 0 Å². The van der Waals surface area contributed by atoms with Gasteiger partial charge in [-0.1, -0.05) is 24.1 Å². The second kappa shape index (κ2) is 9.74. The molecule has 0 fully saturated rings. The van der Waals surface area contributed by atoms with Crippen LogP contribution in [0.3, 0.4) is 0 Å². The van der Waals surface area contributed by atoms with E-state index >= 15 is 0 Å². The summed E-state index contributed by atoms with van der Waals surface area (Å²) in [5.74, 6) is 2.23. The van der Waals surface area contributed by atoms with E-state index in [1.807, 2.05) is 25.1 Å². The lowest BCUT2D eigenvalue weighted by molar-refractivity contribution is -0.166. The van der Waals surface area contributed by atoms with E-state index in [0.29, 0.717) is 13.0 Å². The lowest BCUT2D eigenvalue weighted by atomic mass is 9.80. The van der Waals surface area contributed by atoms with Gasteiger partial charge in [0.15, 0.2) is 5.76 Å². The Morgan fingerprint density at radius 2 is 2.25 bits per heavy atom. The topological polar surface area (TPSA) is 67.8 Å². The van der Waals surface area contributed by atoms with Gasteiger partial charge in [-0.05, 0) is 48.2 Å². The highest BCUT2D eigenvalue weighted by atomic mass is 32.1. The second-order valence-corrected chi connectivity index (χ2v) is 7.51. The molecule has 0 saturated heterocycles. The number of allylic oxidation sites excluding steroid dienone is 1. The molecule has 0 spiro atoms. The fourth-order valence-corrected chi connectivity index (χ4v) is 4.60. The number of hydrogen-bond acceptors (Lipinski definition) is 5. The minimum atomic E-state index is -0.559. The average molecular weight is 400 g/mol. The molecule has 0 radical (unpaired) electrons. The Morgan fingerprint density at radius 3 is 3.00 bits per heavy atom. The summed E-state index contributed by atoms with van der Waals surface area (Å²) < 4.78 is 13.0. The monoisotopic (exact) mass is 399 g/mol. The number of terminal acetylenes is 1. The summed E-state index contributed by atoms with van der Waals surface area (Å²) >= 11 is 1.68. The summed E-state index contributed by atoms with van der Waals surface area (Å²) in [5.41, 5.74) is 1.15. The molecule has 2 heterocycles. The lowest BCUT2D eigenvalue weighted by Crippen LogP contribution is -2.39. The number of thiophene rings is 1. The Hall–Kier alpha value is -2.33. The molecule has 5 nitrogen and oxygen atoms in total. The van der Waals surface area contributed by atoms with Crippen LogP contribution in [0, 0.1) is 18.3 Å². The fraction of sp³-hybridized carbons (Fsp3) is 0.409. The van der Waals surface area contributed by atoms with Crippen LogP contribution in [-0.4, -0.2) is 37.1 Å². The van der Waals surface area contributed by atoms with Crippen LogP contribution in [0.1, 0.15) is 31.2 Å². The highest BCUT2D eigenvalue weighted by Crippen LogP contribution is 2.43. The van der Waals surface area contributed by atoms with Crippen LogP contribution >= 0.6 is 11.3 Å². The Labute approximate surface area is 169 Å². The van der Waals surface area contributed by atoms with Gasteiger partial charge in [-0.3, -0.25) is 4.79 Å². The Kier molecular flexibility index (Phi) is 7.10. The Balaban J connectivity index is 2.03. The number of rotatable bonds is 8. The van der Waals surface area contributed by atoms with Gasteiger partial charge in [0.05, 0.1) is 6.54 Å². The van der Waals surface area contributed by atoms with Crippen molar-refractivity contribution in [2.75, 3.05) is 19.8 Å². The largest absolute Gasteiger partial charge is 0.459 e. The number of carbonyl (C=O) groups excluding carboxylic acids is 1. The zero-order chi connectivity index (χ0) is 19.9. The summed E-state index contributed by atoms with van der Waals surface area (Å²) in [6, 6.07) is 8.23. The predicted octanol–water partition coefficient (Wildman–Crippen LogP) is 3.40. The zero-order valence-corrected chi connectivity index (χ0v) is 16.7. The number of ether oxygens (including phenoxy) is 2. The molecule has 0 unspecified atom stereocenters. The van der Waals surface area contributed by atoms with Crippen molar-refractivity contribution in [3.63, 3.8) is 0 Å². The molecule has 3 rings (SSSR count). The first-order valence-electron chi connectivity index (χ1n) is 9.48. The van der Waals surface area contributed by atoms with Crippen LogP contribution in [0.2, 0.25) is 0 Å². The number of amides is 1. The van der Waals surface area contributed by atoms with Crippen molar-refractivity contribution in [3.8, 4) is 12.3 Å². The molecule has 1 amide bonds. The predicted molar refractivity (Wildman–Crippen MR) is 111 cm³/mol. The van der Waals surface area contributed by atoms with E-state index in [4.69, 9.17) is 15.9 Å². The van der Waals surface area contributed by atoms with Gasteiger partial charge in [0, 0.05) is 29.7 Å². The van der Waals surface area contributed by atoms with Crippen molar-refractivity contribution >= 4 is 27.3 Å². The third-order valence-electron chi connectivity index (χ3n) is 4.86. The summed E-state index contributed by atoms with van der Waals surface area (Å²) in [5, 5.41) is 15.3. The van der Waals surface area contributed by atoms with Gasteiger partial charge in [-0.2, -0.15) is 0 Å². The van der Waals surface area contributed by atoms with Crippen LogP contribution in [0.15, 0.2) is 41.5 Å². The van der Waals surface area contributed by atoms with E-state index in [-0.39, 0.29) is 36.7 Å². The van der Waals surface area contributed by atoms with Crippen LogP contribution in [0.4, 0.5) is 0 Å². The molecule has 28 heavy (non-hydrogen) atoms. The number of fused-ring (bicyclic) bond motifs is 1. The molecule has 0 aliphatic carbocycles. The lowest BCUT2D eigenvalue weighted by Gasteiger charge is -2.36. The van der Waals surface area contributed by atoms with Gasteiger partial charge in [0.25, 0.3) is 5.91 Å². The Morgan fingerprint density at radius 1 is 1.43 bits per heavy atom. The van der Waals surface area contributed by atoms with Crippen LogP contribution < -0.4 is 5.32 Å². The van der Waals surface area contributed by atoms with Crippen molar-refractivity contribution < 1.29 is 19.4 Å². The molecule has 148 valence electrons. The molecule has 2 N–H and O–H groups in total. The van der Waals surface area contributed by atoms with E-state index in [9.17, 15) is 9.90 Å². The van der Waals surface area contributed by atoms with Gasteiger partial charge >= 0.3 is 0 Å². The first-order chi connectivity index (χ1) is 13.7. The van der Waals surface area contributed by atoms with Crippen LogP contribution in [-0.2, 0) is 14.3 Å². The Bertz CT molecular complexity index is 882. The summed E-state index contributed by atoms with van der Waals surface area (Å²) in [6.07, 6.45) is 7.94. The summed E-state index contributed by atoms with van der Waals surface area (Å²) in [7, 11) is 0. The molecule has 2 aromatic rings. The van der Waals surface area contributed by atoms with Crippen LogP contribution in [0.25, 0.3) is 10.1 Å². The molecule has 1 aromatic heterocycles. The third kappa shape index (κ3) is 4.39.